The fraction of sp³-hybridized carbons (Fsp3) is 0.538. The largest absolute Gasteiger partial charge is 0.480 e. The first-order valence-corrected chi connectivity index (χ1v) is 6.20. The third-order valence-electron chi connectivity index (χ3n) is 3.01. The van der Waals surface area contributed by atoms with Crippen molar-refractivity contribution in [2.24, 2.45) is 0 Å². The third-order valence-corrected chi connectivity index (χ3v) is 3.01. The topological polar surface area (TPSA) is 71.9 Å². The van der Waals surface area contributed by atoms with Gasteiger partial charge in [-0.05, 0) is 19.1 Å². The molecular weight excluding hydrogens is 248 g/mol. The van der Waals surface area contributed by atoms with Gasteiger partial charge in [0, 0.05) is 19.3 Å². The van der Waals surface area contributed by atoms with Crippen LogP contribution in [-0.4, -0.2) is 59.9 Å². The zero-order valence-electron chi connectivity index (χ0n) is 11.1. The normalized spacial score (nSPS) is 23.2. The van der Waals surface area contributed by atoms with E-state index in [4.69, 9.17) is 9.47 Å². The number of aliphatic hydroxyl groups is 1. The summed E-state index contributed by atoms with van der Waals surface area (Å²) in [5.41, 5.74) is 0.427. The summed E-state index contributed by atoms with van der Waals surface area (Å²) in [5, 5.41) is 9.18. The molecule has 2 heterocycles. The van der Waals surface area contributed by atoms with E-state index in [0.717, 1.165) is 0 Å². The number of amides is 1. The van der Waals surface area contributed by atoms with E-state index < -0.39 is 0 Å². The van der Waals surface area contributed by atoms with Crippen molar-refractivity contribution in [1.82, 2.24) is 9.88 Å². The molecule has 0 bridgehead atoms. The summed E-state index contributed by atoms with van der Waals surface area (Å²) in [6.07, 6.45) is 1.14. The van der Waals surface area contributed by atoms with E-state index >= 15 is 0 Å². The highest BCUT2D eigenvalue weighted by atomic mass is 16.5. The Morgan fingerprint density at radius 2 is 2.42 bits per heavy atom. The molecule has 1 aromatic heterocycles. The molecule has 1 aliphatic rings. The highest BCUT2D eigenvalue weighted by Crippen LogP contribution is 2.19. The van der Waals surface area contributed by atoms with Crippen molar-refractivity contribution in [1.29, 1.82) is 0 Å². The maximum Gasteiger partial charge on any atom is 0.259 e. The predicted molar refractivity (Wildman–Crippen MR) is 68.1 cm³/mol. The number of morpholine rings is 1. The molecule has 104 valence electrons. The average Bonchev–Trinajstić information content (AvgIpc) is 2.45. The molecule has 1 saturated heterocycles. The van der Waals surface area contributed by atoms with Crippen molar-refractivity contribution >= 4 is 5.91 Å². The van der Waals surface area contributed by atoms with Gasteiger partial charge in [-0.1, -0.05) is 0 Å². The van der Waals surface area contributed by atoms with Gasteiger partial charge in [0.2, 0.25) is 5.88 Å². The Morgan fingerprint density at radius 1 is 1.63 bits per heavy atom. The van der Waals surface area contributed by atoms with Gasteiger partial charge in [0.1, 0.15) is 5.56 Å². The molecule has 1 aliphatic heterocycles. The van der Waals surface area contributed by atoms with Gasteiger partial charge < -0.3 is 19.5 Å². The van der Waals surface area contributed by atoms with Crippen LogP contribution in [0.2, 0.25) is 0 Å². The highest BCUT2D eigenvalue weighted by Gasteiger charge is 2.29. The number of ether oxygens (including phenoxy) is 2. The summed E-state index contributed by atoms with van der Waals surface area (Å²) >= 11 is 0. The zero-order chi connectivity index (χ0) is 13.8. The number of hydrogen-bond donors (Lipinski definition) is 1. The molecule has 0 spiro atoms. The van der Waals surface area contributed by atoms with Crippen LogP contribution in [0, 0.1) is 0 Å². The smallest absolute Gasteiger partial charge is 0.259 e. The van der Waals surface area contributed by atoms with E-state index in [1.807, 2.05) is 6.92 Å². The van der Waals surface area contributed by atoms with Crippen LogP contribution >= 0.6 is 0 Å². The maximum atomic E-state index is 12.5. The van der Waals surface area contributed by atoms with Crippen molar-refractivity contribution in [3.05, 3.63) is 23.9 Å². The second-order valence-electron chi connectivity index (χ2n) is 4.52. The average molecular weight is 266 g/mol. The molecule has 0 saturated carbocycles. The second-order valence-corrected chi connectivity index (χ2v) is 4.52. The molecule has 6 heteroatoms. The van der Waals surface area contributed by atoms with Crippen molar-refractivity contribution in [3.63, 3.8) is 0 Å². The number of methoxy groups -OCH3 is 1. The summed E-state index contributed by atoms with van der Waals surface area (Å²) in [6, 6.07) is 3.38. The fourth-order valence-electron chi connectivity index (χ4n) is 2.20. The minimum absolute atomic E-state index is 0.0989. The van der Waals surface area contributed by atoms with Gasteiger partial charge in [0.15, 0.2) is 0 Å². The lowest BCUT2D eigenvalue weighted by Gasteiger charge is -2.36. The van der Waals surface area contributed by atoms with Gasteiger partial charge in [-0.2, -0.15) is 0 Å². The summed E-state index contributed by atoms with van der Waals surface area (Å²) in [5.74, 6) is 0.158. The van der Waals surface area contributed by atoms with E-state index in [2.05, 4.69) is 4.98 Å². The number of rotatable bonds is 3. The molecule has 2 unspecified atom stereocenters. The highest BCUT2D eigenvalue weighted by molar-refractivity contribution is 5.96. The lowest BCUT2D eigenvalue weighted by atomic mass is 10.1. The molecule has 0 aromatic carbocycles. The standard InChI is InChI=1S/C13H18N2O4/c1-9-6-15(7-10(8-16)19-9)13(17)11-4-3-5-14-12(11)18-2/h3-5,9-10,16H,6-8H2,1-2H3. The summed E-state index contributed by atoms with van der Waals surface area (Å²) in [7, 11) is 1.48. The summed E-state index contributed by atoms with van der Waals surface area (Å²) in [6.45, 7) is 2.64. The predicted octanol–water partition coefficient (Wildman–Crippen LogP) is 0.312. The van der Waals surface area contributed by atoms with Crippen LogP contribution < -0.4 is 4.74 Å². The Hall–Kier alpha value is -1.66. The molecule has 6 nitrogen and oxygen atoms in total. The quantitative estimate of drug-likeness (QED) is 0.852. The van der Waals surface area contributed by atoms with Crippen LogP contribution in [0.3, 0.4) is 0 Å². The number of aliphatic hydroxyl groups excluding tert-OH is 1. The molecule has 1 aromatic rings. The Labute approximate surface area is 112 Å². The van der Waals surface area contributed by atoms with Crippen LogP contribution in [0.1, 0.15) is 17.3 Å². The van der Waals surface area contributed by atoms with Gasteiger partial charge >= 0.3 is 0 Å². The molecule has 2 atom stereocenters. The fourth-order valence-corrected chi connectivity index (χ4v) is 2.20. The number of aromatic nitrogens is 1. The second kappa shape index (κ2) is 5.99. The maximum absolute atomic E-state index is 12.5. The van der Waals surface area contributed by atoms with Gasteiger partial charge in [0.25, 0.3) is 5.91 Å². The molecule has 0 radical (unpaired) electrons. The van der Waals surface area contributed by atoms with Crippen molar-refractivity contribution < 1.29 is 19.4 Å². The lowest BCUT2D eigenvalue weighted by Crippen LogP contribution is -2.50. The van der Waals surface area contributed by atoms with Crippen molar-refractivity contribution in [2.45, 2.75) is 19.1 Å². The van der Waals surface area contributed by atoms with Crippen LogP contribution in [0.15, 0.2) is 18.3 Å². The van der Waals surface area contributed by atoms with Gasteiger partial charge in [-0.25, -0.2) is 4.98 Å². The van der Waals surface area contributed by atoms with Crippen LogP contribution in [0.25, 0.3) is 0 Å². The first kappa shape index (κ1) is 13.8. The lowest BCUT2D eigenvalue weighted by molar-refractivity contribution is -0.0859. The molecule has 1 N–H and O–H groups in total. The van der Waals surface area contributed by atoms with Crippen LogP contribution in [0.4, 0.5) is 0 Å². The first-order valence-electron chi connectivity index (χ1n) is 6.20. The molecule has 1 fully saturated rings. The summed E-state index contributed by atoms with van der Waals surface area (Å²) < 4.78 is 10.6. The first-order chi connectivity index (χ1) is 9.15. The minimum atomic E-state index is -0.338. The number of hydrogen-bond acceptors (Lipinski definition) is 5. The number of pyridine rings is 1. The summed E-state index contributed by atoms with van der Waals surface area (Å²) in [4.78, 5) is 18.1. The molecule has 1 amide bonds. The molecule has 19 heavy (non-hydrogen) atoms. The van der Waals surface area contributed by atoms with E-state index in [1.54, 1.807) is 23.2 Å². The minimum Gasteiger partial charge on any atom is -0.480 e. The number of nitrogens with zero attached hydrogens (tertiary/aromatic N) is 2. The monoisotopic (exact) mass is 266 g/mol. The number of carbonyl (C=O) groups excluding carboxylic acids is 1. The van der Waals surface area contributed by atoms with E-state index in [-0.39, 0.29) is 24.7 Å². The van der Waals surface area contributed by atoms with E-state index in [9.17, 15) is 9.90 Å². The Balaban J connectivity index is 2.18. The Morgan fingerprint density at radius 3 is 3.11 bits per heavy atom. The van der Waals surface area contributed by atoms with Crippen LogP contribution in [0.5, 0.6) is 5.88 Å². The Bertz CT molecular complexity index is 452. The van der Waals surface area contributed by atoms with Crippen LogP contribution in [-0.2, 0) is 4.74 Å². The number of carbonyl (C=O) groups is 1. The van der Waals surface area contributed by atoms with Gasteiger partial charge in [-0.15, -0.1) is 0 Å². The third kappa shape index (κ3) is 3.02. The zero-order valence-corrected chi connectivity index (χ0v) is 11.1. The molecular formula is C13H18N2O4. The SMILES string of the molecule is COc1ncccc1C(=O)N1CC(C)OC(CO)C1. The Kier molecular flexibility index (Phi) is 4.34. The van der Waals surface area contributed by atoms with Crippen molar-refractivity contribution in [2.75, 3.05) is 26.8 Å². The van der Waals surface area contributed by atoms with Gasteiger partial charge in [-0.3, -0.25) is 4.79 Å². The van der Waals surface area contributed by atoms with Crippen molar-refractivity contribution in [3.8, 4) is 5.88 Å². The van der Waals surface area contributed by atoms with Gasteiger partial charge in [0.05, 0.1) is 25.9 Å². The molecule has 2 rings (SSSR count). The van der Waals surface area contributed by atoms with E-state index in [0.29, 0.717) is 24.5 Å². The van der Waals surface area contributed by atoms with E-state index in [1.165, 1.54) is 7.11 Å². The molecule has 0 aliphatic carbocycles.